The van der Waals surface area contributed by atoms with Crippen molar-refractivity contribution >= 4 is 41.5 Å². The Kier molecular flexibility index (Phi) is 8.46. The molecule has 1 saturated heterocycles. The third-order valence-electron chi connectivity index (χ3n) is 4.67. The van der Waals surface area contributed by atoms with Crippen LogP contribution in [0.15, 0.2) is 29.4 Å². The number of carbonyl (C=O) groups excluding carboxylic acids is 1. The maximum Gasteiger partial charge on any atom is 0.225 e. The molecule has 1 aliphatic rings. The Labute approximate surface area is 183 Å². The molecule has 154 valence electrons. The largest absolute Gasteiger partial charge is 0.357 e. The van der Waals surface area contributed by atoms with E-state index in [1.54, 1.807) is 0 Å². The molecule has 2 aromatic heterocycles. The highest BCUT2D eigenvalue weighted by Crippen LogP contribution is 2.12. The standard InChI is InChI=1S/C19H29N7O.HI/c1-4-20-19(22-15-9-12-25(13-15)18(27)14(2)3)21-10-8-17-24-23-16-7-5-6-11-26(16)17;/h5-7,11,14-15H,4,8-10,12-13H2,1-3H3,(H2,20,21,22);1H. The summed E-state index contributed by atoms with van der Waals surface area (Å²) >= 11 is 0. The van der Waals surface area contributed by atoms with Crippen molar-refractivity contribution in [3.8, 4) is 0 Å². The van der Waals surface area contributed by atoms with E-state index in [4.69, 9.17) is 0 Å². The van der Waals surface area contributed by atoms with Crippen molar-refractivity contribution in [1.29, 1.82) is 0 Å². The first-order valence-electron chi connectivity index (χ1n) is 9.70. The second-order valence-electron chi connectivity index (χ2n) is 7.12. The van der Waals surface area contributed by atoms with Crippen LogP contribution >= 0.6 is 24.0 Å². The number of rotatable bonds is 6. The molecule has 2 aromatic rings. The average Bonchev–Trinajstić information content (AvgIpc) is 3.28. The molecule has 8 nitrogen and oxygen atoms in total. The maximum absolute atomic E-state index is 12.1. The normalized spacial score (nSPS) is 17.1. The van der Waals surface area contributed by atoms with Gasteiger partial charge in [-0.3, -0.25) is 14.2 Å². The Bertz CT molecular complexity index is 804. The number of aromatic nitrogens is 3. The van der Waals surface area contributed by atoms with E-state index in [9.17, 15) is 4.79 Å². The summed E-state index contributed by atoms with van der Waals surface area (Å²) in [5.41, 5.74) is 0.849. The predicted octanol–water partition coefficient (Wildman–Crippen LogP) is 1.70. The lowest BCUT2D eigenvalue weighted by Crippen LogP contribution is -2.45. The number of carbonyl (C=O) groups is 1. The smallest absolute Gasteiger partial charge is 0.225 e. The molecule has 0 aromatic carbocycles. The fourth-order valence-electron chi connectivity index (χ4n) is 3.29. The van der Waals surface area contributed by atoms with Crippen molar-refractivity contribution in [3.63, 3.8) is 0 Å². The van der Waals surface area contributed by atoms with E-state index >= 15 is 0 Å². The van der Waals surface area contributed by atoms with Crippen molar-refractivity contribution in [2.75, 3.05) is 26.2 Å². The van der Waals surface area contributed by atoms with Gasteiger partial charge in [-0.2, -0.15) is 0 Å². The molecule has 1 unspecified atom stereocenters. The molecule has 0 bridgehead atoms. The van der Waals surface area contributed by atoms with Gasteiger partial charge in [0.15, 0.2) is 11.6 Å². The topological polar surface area (TPSA) is 86.9 Å². The number of hydrogen-bond acceptors (Lipinski definition) is 4. The zero-order chi connectivity index (χ0) is 19.2. The summed E-state index contributed by atoms with van der Waals surface area (Å²) in [7, 11) is 0. The lowest BCUT2D eigenvalue weighted by atomic mass is 10.2. The molecule has 2 N–H and O–H groups in total. The van der Waals surface area contributed by atoms with Gasteiger partial charge in [-0.1, -0.05) is 19.9 Å². The van der Waals surface area contributed by atoms with Crippen LogP contribution in [-0.4, -0.2) is 63.6 Å². The molecule has 1 fully saturated rings. The van der Waals surface area contributed by atoms with Crippen LogP contribution in [0.3, 0.4) is 0 Å². The third-order valence-corrected chi connectivity index (χ3v) is 4.67. The lowest BCUT2D eigenvalue weighted by Gasteiger charge is -2.20. The number of likely N-dealkylation sites (tertiary alicyclic amines) is 1. The summed E-state index contributed by atoms with van der Waals surface area (Å²) in [6, 6.07) is 6.10. The Morgan fingerprint density at radius 1 is 1.36 bits per heavy atom. The molecular weight excluding hydrogens is 469 g/mol. The second kappa shape index (κ2) is 10.6. The van der Waals surface area contributed by atoms with E-state index in [0.717, 1.165) is 43.5 Å². The van der Waals surface area contributed by atoms with Crippen LogP contribution in [0, 0.1) is 5.92 Å². The molecule has 0 radical (unpaired) electrons. The van der Waals surface area contributed by atoms with Crippen molar-refractivity contribution in [2.24, 2.45) is 10.9 Å². The minimum Gasteiger partial charge on any atom is -0.357 e. The Balaban J connectivity index is 0.00000280. The highest BCUT2D eigenvalue weighted by molar-refractivity contribution is 14.0. The fraction of sp³-hybridized carbons (Fsp3) is 0.579. The van der Waals surface area contributed by atoms with E-state index in [2.05, 4.69) is 25.8 Å². The number of fused-ring (bicyclic) bond motifs is 1. The lowest BCUT2D eigenvalue weighted by molar-refractivity contribution is -0.133. The minimum absolute atomic E-state index is 0. The summed E-state index contributed by atoms with van der Waals surface area (Å²) in [5.74, 6) is 1.96. The van der Waals surface area contributed by atoms with E-state index in [-0.39, 0.29) is 41.8 Å². The molecule has 1 amide bonds. The van der Waals surface area contributed by atoms with Gasteiger partial charge < -0.3 is 15.5 Å². The Morgan fingerprint density at radius 3 is 2.93 bits per heavy atom. The minimum atomic E-state index is 0. The van der Waals surface area contributed by atoms with Crippen LogP contribution in [0.25, 0.3) is 5.65 Å². The first-order valence-corrected chi connectivity index (χ1v) is 9.70. The van der Waals surface area contributed by atoms with Gasteiger partial charge >= 0.3 is 0 Å². The summed E-state index contributed by atoms with van der Waals surface area (Å²) in [6.45, 7) is 8.89. The monoisotopic (exact) mass is 499 g/mol. The Hall–Kier alpha value is -1.91. The molecule has 1 atom stereocenters. The molecule has 3 heterocycles. The molecule has 0 saturated carbocycles. The van der Waals surface area contributed by atoms with Crippen LogP contribution in [0.2, 0.25) is 0 Å². The predicted molar refractivity (Wildman–Crippen MR) is 121 cm³/mol. The number of nitrogens with zero attached hydrogens (tertiary/aromatic N) is 5. The number of hydrogen-bond donors (Lipinski definition) is 2. The van der Waals surface area contributed by atoms with Gasteiger partial charge in [0.25, 0.3) is 0 Å². The van der Waals surface area contributed by atoms with Gasteiger partial charge in [0.2, 0.25) is 5.91 Å². The fourth-order valence-corrected chi connectivity index (χ4v) is 3.29. The number of amides is 1. The number of pyridine rings is 1. The Morgan fingerprint density at radius 2 is 2.18 bits per heavy atom. The summed E-state index contributed by atoms with van der Waals surface area (Å²) in [5, 5.41) is 15.2. The van der Waals surface area contributed by atoms with Crippen LogP contribution in [-0.2, 0) is 11.2 Å². The number of nitrogens with one attached hydrogen (secondary N) is 2. The molecular formula is C19H30IN7O. The highest BCUT2D eigenvalue weighted by atomic mass is 127. The van der Waals surface area contributed by atoms with Gasteiger partial charge in [-0.05, 0) is 25.5 Å². The zero-order valence-electron chi connectivity index (χ0n) is 16.8. The first-order chi connectivity index (χ1) is 13.1. The van der Waals surface area contributed by atoms with Gasteiger partial charge in [0, 0.05) is 50.8 Å². The SMILES string of the molecule is CCNC(=NCCc1nnc2ccccn12)NC1CCN(C(=O)C(C)C)C1.I. The molecule has 9 heteroatoms. The molecule has 28 heavy (non-hydrogen) atoms. The quantitative estimate of drug-likeness (QED) is 0.359. The van der Waals surface area contributed by atoms with Crippen LogP contribution in [0.5, 0.6) is 0 Å². The summed E-state index contributed by atoms with van der Waals surface area (Å²) in [4.78, 5) is 18.8. The van der Waals surface area contributed by atoms with Crippen molar-refractivity contribution in [3.05, 3.63) is 30.2 Å². The third kappa shape index (κ3) is 5.55. The zero-order valence-corrected chi connectivity index (χ0v) is 19.1. The maximum atomic E-state index is 12.1. The van der Waals surface area contributed by atoms with Gasteiger partial charge in [-0.15, -0.1) is 34.2 Å². The van der Waals surface area contributed by atoms with Crippen molar-refractivity contribution in [2.45, 2.75) is 39.7 Å². The molecule has 1 aliphatic heterocycles. The molecule has 3 rings (SSSR count). The van der Waals surface area contributed by atoms with Crippen molar-refractivity contribution < 1.29 is 4.79 Å². The molecule has 0 aliphatic carbocycles. The number of halogens is 1. The van der Waals surface area contributed by atoms with Crippen LogP contribution < -0.4 is 10.6 Å². The van der Waals surface area contributed by atoms with E-state index < -0.39 is 0 Å². The summed E-state index contributed by atoms with van der Waals surface area (Å²) in [6.07, 6.45) is 3.62. The highest BCUT2D eigenvalue weighted by Gasteiger charge is 2.27. The first kappa shape index (κ1) is 22.4. The van der Waals surface area contributed by atoms with Gasteiger partial charge in [0.05, 0.1) is 0 Å². The van der Waals surface area contributed by atoms with Crippen LogP contribution in [0.4, 0.5) is 0 Å². The number of guanidine groups is 1. The van der Waals surface area contributed by atoms with Crippen molar-refractivity contribution in [1.82, 2.24) is 30.1 Å². The number of aliphatic imine (C=N–C) groups is 1. The van der Waals surface area contributed by atoms with E-state index in [0.29, 0.717) is 13.0 Å². The van der Waals surface area contributed by atoms with E-state index in [1.165, 1.54) is 0 Å². The second-order valence-corrected chi connectivity index (χ2v) is 7.12. The molecule has 0 spiro atoms. The van der Waals surface area contributed by atoms with E-state index in [1.807, 2.05) is 54.5 Å². The van der Waals surface area contributed by atoms with Gasteiger partial charge in [-0.25, -0.2) is 0 Å². The average molecular weight is 499 g/mol. The van der Waals surface area contributed by atoms with Crippen LogP contribution in [0.1, 0.15) is 33.0 Å². The summed E-state index contributed by atoms with van der Waals surface area (Å²) < 4.78 is 1.99. The van der Waals surface area contributed by atoms with Gasteiger partial charge in [0.1, 0.15) is 5.82 Å².